The van der Waals surface area contributed by atoms with Crippen molar-refractivity contribution in [1.29, 1.82) is 5.26 Å². The van der Waals surface area contributed by atoms with Crippen LogP contribution < -0.4 is 0 Å². The molecule has 5 nitrogen and oxygen atoms in total. The number of ketones is 1. The average molecular weight is 251 g/mol. The first-order chi connectivity index (χ1) is 8.52. The summed E-state index contributed by atoms with van der Waals surface area (Å²) in [6, 6.07) is 1.96. The van der Waals surface area contributed by atoms with Crippen molar-refractivity contribution < 1.29 is 19.1 Å². The molecule has 18 heavy (non-hydrogen) atoms. The van der Waals surface area contributed by atoms with Crippen molar-refractivity contribution in [3.05, 3.63) is 12.2 Å². The number of Topliss-reactive ketones (excluding diaryl/α,β-unsaturated/α-hetero) is 1. The summed E-state index contributed by atoms with van der Waals surface area (Å²) in [6.45, 7) is 4.92. The Labute approximate surface area is 106 Å². The first-order valence-corrected chi connectivity index (χ1v) is 5.72. The van der Waals surface area contributed by atoms with E-state index in [1.165, 1.54) is 6.92 Å². The zero-order chi connectivity index (χ0) is 14.0. The molecule has 0 fully saturated rings. The number of ether oxygens (including phenoxy) is 1. The Bertz CT molecular complexity index is 368. The number of hydrogen-bond acceptors (Lipinski definition) is 5. The fraction of sp³-hybridized carbons (Fsp3) is 0.538. The fourth-order valence-corrected chi connectivity index (χ4v) is 1.24. The molecular formula is C13H17NO4. The van der Waals surface area contributed by atoms with Crippen molar-refractivity contribution in [2.75, 3.05) is 0 Å². The van der Waals surface area contributed by atoms with E-state index in [9.17, 15) is 14.4 Å². The maximum Gasteiger partial charge on any atom is 0.333 e. The third-order valence-corrected chi connectivity index (χ3v) is 2.22. The summed E-state index contributed by atoms with van der Waals surface area (Å²) < 4.78 is 5.00. The van der Waals surface area contributed by atoms with E-state index in [-0.39, 0.29) is 24.2 Å². The molecule has 0 aromatic carbocycles. The minimum absolute atomic E-state index is 0.0458. The molecule has 0 aliphatic carbocycles. The Morgan fingerprint density at radius 2 is 2.17 bits per heavy atom. The Morgan fingerprint density at radius 1 is 1.50 bits per heavy atom. The fourth-order valence-electron chi connectivity index (χ4n) is 1.24. The molecule has 1 unspecified atom stereocenters. The molecule has 0 bridgehead atoms. The number of aldehydes is 1. The van der Waals surface area contributed by atoms with Crippen molar-refractivity contribution in [2.24, 2.45) is 0 Å². The molecule has 98 valence electrons. The molecule has 0 N–H and O–H groups in total. The monoisotopic (exact) mass is 251 g/mol. The molecule has 0 rings (SSSR count). The molecular weight excluding hydrogens is 234 g/mol. The van der Waals surface area contributed by atoms with E-state index < -0.39 is 12.1 Å². The minimum atomic E-state index is -0.887. The van der Waals surface area contributed by atoms with Gasteiger partial charge in [-0.15, -0.1) is 0 Å². The van der Waals surface area contributed by atoms with E-state index in [1.54, 1.807) is 0 Å². The standard InChI is InChI=1S/C13H17NO4/c1-10(2)13(17)18-12(7-3-4-8-14)11(16)6-5-9-15/h9,12H,1,3-7H2,2H3. The second-order valence-corrected chi connectivity index (χ2v) is 3.90. The van der Waals surface area contributed by atoms with Gasteiger partial charge in [0.1, 0.15) is 6.29 Å². The Kier molecular flexibility index (Phi) is 8.12. The van der Waals surface area contributed by atoms with Crippen molar-refractivity contribution >= 4 is 18.0 Å². The number of esters is 1. The lowest BCUT2D eigenvalue weighted by Gasteiger charge is -2.15. The number of carbonyl (C=O) groups excluding carboxylic acids is 3. The zero-order valence-electron chi connectivity index (χ0n) is 10.5. The van der Waals surface area contributed by atoms with Gasteiger partial charge in [-0.1, -0.05) is 6.58 Å². The summed E-state index contributed by atoms with van der Waals surface area (Å²) in [5.74, 6) is -0.925. The molecule has 0 amide bonds. The van der Waals surface area contributed by atoms with Crippen LogP contribution in [0.3, 0.4) is 0 Å². The molecule has 0 aromatic rings. The van der Waals surface area contributed by atoms with Crippen LogP contribution in [0.1, 0.15) is 39.0 Å². The summed E-state index contributed by atoms with van der Waals surface area (Å²) in [5.41, 5.74) is 0.212. The molecule has 1 atom stereocenters. The van der Waals surface area contributed by atoms with Crippen LogP contribution in [0.2, 0.25) is 0 Å². The van der Waals surface area contributed by atoms with E-state index in [1.807, 2.05) is 6.07 Å². The molecule has 0 aliphatic rings. The van der Waals surface area contributed by atoms with Gasteiger partial charge in [-0.25, -0.2) is 4.79 Å². The van der Waals surface area contributed by atoms with Crippen LogP contribution in [0.25, 0.3) is 0 Å². The van der Waals surface area contributed by atoms with E-state index in [0.29, 0.717) is 25.5 Å². The predicted octanol–water partition coefficient (Wildman–Crippen LogP) is 1.72. The van der Waals surface area contributed by atoms with Crippen molar-refractivity contribution in [3.63, 3.8) is 0 Å². The van der Waals surface area contributed by atoms with Crippen molar-refractivity contribution in [1.82, 2.24) is 0 Å². The van der Waals surface area contributed by atoms with Gasteiger partial charge in [0.15, 0.2) is 11.9 Å². The van der Waals surface area contributed by atoms with Gasteiger partial charge >= 0.3 is 5.97 Å². The highest BCUT2D eigenvalue weighted by Crippen LogP contribution is 2.11. The Morgan fingerprint density at radius 3 is 2.67 bits per heavy atom. The first kappa shape index (κ1) is 16.0. The second-order valence-electron chi connectivity index (χ2n) is 3.90. The number of carbonyl (C=O) groups is 3. The van der Waals surface area contributed by atoms with Crippen LogP contribution in [0, 0.1) is 11.3 Å². The van der Waals surface area contributed by atoms with Crippen LogP contribution in [0.4, 0.5) is 0 Å². The normalized spacial score (nSPS) is 11.1. The van der Waals surface area contributed by atoms with Crippen LogP contribution in [0.15, 0.2) is 12.2 Å². The molecule has 0 aromatic heterocycles. The molecule has 0 saturated carbocycles. The van der Waals surface area contributed by atoms with Gasteiger partial charge in [-0.2, -0.15) is 5.26 Å². The highest BCUT2D eigenvalue weighted by molar-refractivity contribution is 5.91. The molecule has 0 saturated heterocycles. The number of hydrogen-bond donors (Lipinski definition) is 0. The zero-order valence-corrected chi connectivity index (χ0v) is 10.5. The third-order valence-electron chi connectivity index (χ3n) is 2.22. The quantitative estimate of drug-likeness (QED) is 0.269. The molecule has 0 spiro atoms. The highest BCUT2D eigenvalue weighted by atomic mass is 16.5. The predicted molar refractivity (Wildman–Crippen MR) is 64.5 cm³/mol. The van der Waals surface area contributed by atoms with Gasteiger partial charge in [-0.05, 0) is 19.8 Å². The lowest BCUT2D eigenvalue weighted by atomic mass is 10.0. The maximum atomic E-state index is 11.7. The van der Waals surface area contributed by atoms with Gasteiger partial charge in [0.05, 0.1) is 6.07 Å². The first-order valence-electron chi connectivity index (χ1n) is 5.72. The number of nitriles is 1. The van der Waals surface area contributed by atoms with Crippen LogP contribution >= 0.6 is 0 Å². The van der Waals surface area contributed by atoms with E-state index in [0.717, 1.165) is 0 Å². The van der Waals surface area contributed by atoms with Crippen LogP contribution in [-0.4, -0.2) is 24.1 Å². The second kappa shape index (κ2) is 9.11. The average Bonchev–Trinajstić information content (AvgIpc) is 2.34. The van der Waals surface area contributed by atoms with Gasteiger partial charge < -0.3 is 9.53 Å². The SMILES string of the molecule is C=C(C)C(=O)OC(CCCC#N)C(=O)CCC=O. The molecule has 0 heterocycles. The Hall–Kier alpha value is -1.96. The lowest BCUT2D eigenvalue weighted by Crippen LogP contribution is -2.27. The summed E-state index contributed by atoms with van der Waals surface area (Å²) in [6.07, 6.45) is 0.972. The largest absolute Gasteiger partial charge is 0.451 e. The van der Waals surface area contributed by atoms with Crippen molar-refractivity contribution in [2.45, 2.75) is 45.1 Å². The number of rotatable bonds is 9. The van der Waals surface area contributed by atoms with E-state index in [4.69, 9.17) is 10.00 Å². The summed E-state index contributed by atoms with van der Waals surface area (Å²) >= 11 is 0. The number of unbranched alkanes of at least 4 members (excludes halogenated alkanes) is 1. The van der Waals surface area contributed by atoms with Crippen LogP contribution in [-0.2, 0) is 19.1 Å². The van der Waals surface area contributed by atoms with E-state index in [2.05, 4.69) is 6.58 Å². The van der Waals surface area contributed by atoms with Gasteiger partial charge in [-0.3, -0.25) is 4.79 Å². The van der Waals surface area contributed by atoms with Gasteiger partial charge in [0.2, 0.25) is 0 Å². The minimum Gasteiger partial charge on any atom is -0.451 e. The summed E-state index contributed by atoms with van der Waals surface area (Å²) in [4.78, 5) is 33.3. The van der Waals surface area contributed by atoms with E-state index >= 15 is 0 Å². The number of nitrogens with zero attached hydrogens (tertiary/aromatic N) is 1. The maximum absolute atomic E-state index is 11.7. The molecule has 0 aliphatic heterocycles. The molecule has 5 heteroatoms. The van der Waals surface area contributed by atoms with Crippen LogP contribution in [0.5, 0.6) is 0 Å². The summed E-state index contributed by atoms with van der Waals surface area (Å²) in [7, 11) is 0. The highest BCUT2D eigenvalue weighted by Gasteiger charge is 2.22. The van der Waals surface area contributed by atoms with Crippen molar-refractivity contribution in [3.8, 4) is 6.07 Å². The lowest BCUT2D eigenvalue weighted by molar-refractivity contribution is -0.151. The molecule has 0 radical (unpaired) electrons. The smallest absolute Gasteiger partial charge is 0.333 e. The summed E-state index contributed by atoms with van der Waals surface area (Å²) in [5, 5.41) is 8.43. The van der Waals surface area contributed by atoms with Gasteiger partial charge in [0.25, 0.3) is 0 Å². The third kappa shape index (κ3) is 6.59. The Balaban J connectivity index is 4.45. The van der Waals surface area contributed by atoms with Gasteiger partial charge in [0, 0.05) is 24.8 Å². The topological polar surface area (TPSA) is 84.2 Å².